The van der Waals surface area contributed by atoms with Crippen molar-refractivity contribution in [3.8, 4) is 0 Å². The third kappa shape index (κ3) is 3.63. The second-order valence-corrected chi connectivity index (χ2v) is 4.66. The molecule has 0 aliphatic heterocycles. The summed E-state index contributed by atoms with van der Waals surface area (Å²) < 4.78 is 0.995. The van der Waals surface area contributed by atoms with Crippen LogP contribution in [0.1, 0.15) is 24.9 Å². The van der Waals surface area contributed by atoms with Gasteiger partial charge in [0.2, 0.25) is 0 Å². The SMILES string of the molecule is C=CC(NCCC)c1ccc(Br)cc1Cl. The van der Waals surface area contributed by atoms with E-state index in [1.165, 1.54) is 0 Å². The molecule has 0 bridgehead atoms. The Morgan fingerprint density at radius 2 is 2.33 bits per heavy atom. The first-order valence-electron chi connectivity index (χ1n) is 5.00. The fourth-order valence-corrected chi connectivity index (χ4v) is 2.16. The van der Waals surface area contributed by atoms with Gasteiger partial charge in [0.15, 0.2) is 0 Å². The average molecular weight is 289 g/mol. The normalized spacial score (nSPS) is 12.5. The smallest absolute Gasteiger partial charge is 0.0518 e. The number of rotatable bonds is 5. The third-order valence-electron chi connectivity index (χ3n) is 2.15. The van der Waals surface area contributed by atoms with Crippen molar-refractivity contribution in [1.82, 2.24) is 5.32 Å². The maximum absolute atomic E-state index is 6.16. The van der Waals surface area contributed by atoms with Gasteiger partial charge in [0, 0.05) is 9.50 Å². The Balaban J connectivity index is 2.86. The first kappa shape index (κ1) is 12.8. The van der Waals surface area contributed by atoms with E-state index >= 15 is 0 Å². The van der Waals surface area contributed by atoms with Crippen molar-refractivity contribution in [2.75, 3.05) is 6.54 Å². The van der Waals surface area contributed by atoms with Gasteiger partial charge in [-0.15, -0.1) is 6.58 Å². The minimum absolute atomic E-state index is 0.130. The van der Waals surface area contributed by atoms with Crippen LogP contribution < -0.4 is 5.32 Å². The molecule has 0 aliphatic rings. The summed E-state index contributed by atoms with van der Waals surface area (Å²) in [4.78, 5) is 0. The van der Waals surface area contributed by atoms with Crippen LogP contribution >= 0.6 is 27.5 Å². The summed E-state index contributed by atoms with van der Waals surface area (Å²) in [5.41, 5.74) is 1.07. The summed E-state index contributed by atoms with van der Waals surface area (Å²) in [5, 5.41) is 4.14. The zero-order valence-corrected chi connectivity index (χ0v) is 11.1. The zero-order valence-electron chi connectivity index (χ0n) is 8.76. The third-order valence-corrected chi connectivity index (χ3v) is 2.97. The highest BCUT2D eigenvalue weighted by Gasteiger charge is 2.10. The molecule has 0 amide bonds. The summed E-state index contributed by atoms with van der Waals surface area (Å²) >= 11 is 9.55. The Kier molecular flexibility index (Phi) is 5.37. The van der Waals surface area contributed by atoms with Crippen LogP contribution in [-0.2, 0) is 0 Å². The highest BCUT2D eigenvalue weighted by Crippen LogP contribution is 2.26. The van der Waals surface area contributed by atoms with E-state index < -0.39 is 0 Å². The molecule has 1 unspecified atom stereocenters. The lowest BCUT2D eigenvalue weighted by Crippen LogP contribution is -2.20. The van der Waals surface area contributed by atoms with Gasteiger partial charge in [-0.05, 0) is 30.7 Å². The molecule has 0 aromatic heterocycles. The first-order valence-corrected chi connectivity index (χ1v) is 6.17. The number of hydrogen-bond acceptors (Lipinski definition) is 1. The predicted octanol–water partition coefficient (Wildman–Crippen LogP) is 4.33. The highest BCUT2D eigenvalue weighted by molar-refractivity contribution is 9.10. The van der Waals surface area contributed by atoms with Crippen LogP contribution in [0.2, 0.25) is 5.02 Å². The average Bonchev–Trinajstić information content (AvgIpc) is 2.21. The Morgan fingerprint density at radius 1 is 1.60 bits per heavy atom. The van der Waals surface area contributed by atoms with E-state index in [1.54, 1.807) is 0 Å². The van der Waals surface area contributed by atoms with E-state index in [1.807, 2.05) is 24.3 Å². The van der Waals surface area contributed by atoms with Gasteiger partial charge >= 0.3 is 0 Å². The van der Waals surface area contributed by atoms with E-state index in [2.05, 4.69) is 34.7 Å². The molecule has 1 atom stereocenters. The number of hydrogen-bond donors (Lipinski definition) is 1. The Bertz CT molecular complexity index is 338. The maximum Gasteiger partial charge on any atom is 0.0518 e. The van der Waals surface area contributed by atoms with Crippen molar-refractivity contribution >= 4 is 27.5 Å². The van der Waals surface area contributed by atoms with Gasteiger partial charge in [-0.25, -0.2) is 0 Å². The van der Waals surface area contributed by atoms with Crippen LogP contribution in [0.3, 0.4) is 0 Å². The van der Waals surface area contributed by atoms with Gasteiger partial charge in [-0.1, -0.05) is 46.6 Å². The molecule has 15 heavy (non-hydrogen) atoms. The molecule has 0 saturated heterocycles. The lowest BCUT2D eigenvalue weighted by Gasteiger charge is -2.16. The van der Waals surface area contributed by atoms with Crippen molar-refractivity contribution in [1.29, 1.82) is 0 Å². The standard InChI is InChI=1S/C12H15BrClN/c1-3-7-15-12(4-2)10-6-5-9(13)8-11(10)14/h4-6,8,12,15H,2-3,7H2,1H3. The zero-order chi connectivity index (χ0) is 11.3. The van der Waals surface area contributed by atoms with Gasteiger partial charge in [0.05, 0.1) is 6.04 Å². The second-order valence-electron chi connectivity index (χ2n) is 3.33. The Labute approximate surface area is 105 Å². The van der Waals surface area contributed by atoms with Crippen molar-refractivity contribution in [3.05, 3.63) is 45.9 Å². The second kappa shape index (κ2) is 6.31. The van der Waals surface area contributed by atoms with Crippen LogP contribution in [0.15, 0.2) is 35.3 Å². The molecule has 1 N–H and O–H groups in total. The van der Waals surface area contributed by atoms with Crippen LogP contribution in [0, 0.1) is 0 Å². The molecule has 3 heteroatoms. The van der Waals surface area contributed by atoms with Crippen LogP contribution in [0.5, 0.6) is 0 Å². The molecule has 0 spiro atoms. The number of nitrogens with one attached hydrogen (secondary N) is 1. The van der Waals surface area contributed by atoms with Crippen LogP contribution in [-0.4, -0.2) is 6.54 Å². The van der Waals surface area contributed by atoms with Gasteiger partial charge in [0.1, 0.15) is 0 Å². The molecular weight excluding hydrogens is 273 g/mol. The fraction of sp³-hybridized carbons (Fsp3) is 0.333. The van der Waals surface area contributed by atoms with Crippen molar-refractivity contribution in [2.24, 2.45) is 0 Å². The summed E-state index contributed by atoms with van der Waals surface area (Å²) in [6.07, 6.45) is 2.98. The molecule has 82 valence electrons. The van der Waals surface area contributed by atoms with Gasteiger partial charge in [-0.3, -0.25) is 0 Å². The van der Waals surface area contributed by atoms with E-state index in [0.717, 1.165) is 28.0 Å². The van der Waals surface area contributed by atoms with E-state index in [4.69, 9.17) is 11.6 Å². The van der Waals surface area contributed by atoms with Crippen LogP contribution in [0.4, 0.5) is 0 Å². The van der Waals surface area contributed by atoms with Crippen molar-refractivity contribution < 1.29 is 0 Å². The molecule has 0 fully saturated rings. The first-order chi connectivity index (χ1) is 7.19. The molecule has 0 aliphatic carbocycles. The molecular formula is C12H15BrClN. The topological polar surface area (TPSA) is 12.0 Å². The predicted molar refractivity (Wildman–Crippen MR) is 70.4 cm³/mol. The van der Waals surface area contributed by atoms with Gasteiger partial charge in [0.25, 0.3) is 0 Å². The molecule has 0 heterocycles. The largest absolute Gasteiger partial charge is 0.307 e. The molecule has 0 saturated carbocycles. The maximum atomic E-state index is 6.16. The molecule has 1 nitrogen and oxygen atoms in total. The minimum atomic E-state index is 0.130. The quantitative estimate of drug-likeness (QED) is 0.795. The molecule has 1 rings (SSSR count). The van der Waals surface area contributed by atoms with Crippen molar-refractivity contribution in [2.45, 2.75) is 19.4 Å². The Morgan fingerprint density at radius 3 is 2.87 bits per heavy atom. The summed E-state index contributed by atoms with van der Waals surface area (Å²) in [6, 6.07) is 6.04. The molecule has 0 radical (unpaired) electrons. The van der Waals surface area contributed by atoms with E-state index in [-0.39, 0.29) is 6.04 Å². The fourth-order valence-electron chi connectivity index (χ4n) is 1.37. The monoisotopic (exact) mass is 287 g/mol. The summed E-state index contributed by atoms with van der Waals surface area (Å²) in [6.45, 7) is 6.92. The lowest BCUT2D eigenvalue weighted by atomic mass is 10.1. The Hall–Kier alpha value is -0.310. The summed E-state index contributed by atoms with van der Waals surface area (Å²) in [5.74, 6) is 0. The van der Waals surface area contributed by atoms with Gasteiger partial charge in [-0.2, -0.15) is 0 Å². The highest BCUT2D eigenvalue weighted by atomic mass is 79.9. The van der Waals surface area contributed by atoms with E-state index in [9.17, 15) is 0 Å². The minimum Gasteiger partial charge on any atom is -0.307 e. The summed E-state index contributed by atoms with van der Waals surface area (Å²) in [7, 11) is 0. The van der Waals surface area contributed by atoms with E-state index in [0.29, 0.717) is 0 Å². The van der Waals surface area contributed by atoms with Gasteiger partial charge < -0.3 is 5.32 Å². The number of benzene rings is 1. The molecule has 1 aromatic carbocycles. The lowest BCUT2D eigenvalue weighted by molar-refractivity contribution is 0.613. The van der Waals surface area contributed by atoms with Crippen molar-refractivity contribution in [3.63, 3.8) is 0 Å². The van der Waals surface area contributed by atoms with Crippen LogP contribution in [0.25, 0.3) is 0 Å². The number of halogens is 2. The molecule has 1 aromatic rings.